The van der Waals surface area contributed by atoms with Gasteiger partial charge in [0.05, 0.1) is 12.1 Å². The summed E-state index contributed by atoms with van der Waals surface area (Å²) < 4.78 is 5.32. The molecule has 1 heterocycles. The van der Waals surface area contributed by atoms with Crippen LogP contribution < -0.4 is 10.6 Å². The van der Waals surface area contributed by atoms with Crippen molar-refractivity contribution in [3.8, 4) is 0 Å². The summed E-state index contributed by atoms with van der Waals surface area (Å²) in [5, 5.41) is 5.63. The van der Waals surface area contributed by atoms with Gasteiger partial charge in [-0.3, -0.25) is 0 Å². The van der Waals surface area contributed by atoms with Gasteiger partial charge in [-0.15, -0.1) is 0 Å². The van der Waals surface area contributed by atoms with Crippen LogP contribution in [-0.4, -0.2) is 31.3 Å². The van der Waals surface area contributed by atoms with E-state index >= 15 is 0 Å². The van der Waals surface area contributed by atoms with E-state index in [-0.39, 0.29) is 11.6 Å². The van der Waals surface area contributed by atoms with Crippen LogP contribution in [0.5, 0.6) is 0 Å². The van der Waals surface area contributed by atoms with E-state index in [9.17, 15) is 4.79 Å². The molecule has 1 atom stereocenters. The molecule has 0 bridgehead atoms. The molecule has 1 fully saturated rings. The van der Waals surface area contributed by atoms with E-state index in [1.165, 1.54) is 0 Å². The van der Waals surface area contributed by atoms with Crippen LogP contribution >= 0.6 is 0 Å². The van der Waals surface area contributed by atoms with E-state index in [0.717, 1.165) is 19.4 Å². The molecule has 1 saturated heterocycles. The number of rotatable bonds is 2. The Morgan fingerprint density at radius 2 is 2.38 bits per heavy atom. The lowest BCUT2D eigenvalue weighted by Crippen LogP contribution is -2.54. The largest absolute Gasteiger partial charge is 0.379 e. The van der Waals surface area contributed by atoms with Crippen molar-refractivity contribution in [2.75, 3.05) is 19.8 Å². The average Bonchev–Trinajstić information content (AvgIpc) is 2.04. The van der Waals surface area contributed by atoms with Crippen molar-refractivity contribution in [3.05, 3.63) is 0 Å². The lowest BCUT2D eigenvalue weighted by Gasteiger charge is -2.34. The standard InChI is InChI=1S/C9H18N2O2/c1-3-10-8(12)11-9(2)5-4-6-13-7-9/h3-7H2,1-2H3,(H2,10,11,12). The summed E-state index contributed by atoms with van der Waals surface area (Å²) in [6.45, 7) is 6.00. The third-order valence-corrected chi connectivity index (χ3v) is 2.19. The minimum atomic E-state index is -0.183. The molecule has 0 aromatic carbocycles. The maximum absolute atomic E-state index is 11.2. The van der Waals surface area contributed by atoms with Gasteiger partial charge in [-0.25, -0.2) is 4.79 Å². The zero-order chi connectivity index (χ0) is 9.73. The van der Waals surface area contributed by atoms with E-state index in [2.05, 4.69) is 10.6 Å². The van der Waals surface area contributed by atoms with Gasteiger partial charge in [-0.05, 0) is 26.7 Å². The van der Waals surface area contributed by atoms with Gasteiger partial charge in [-0.1, -0.05) is 0 Å². The smallest absolute Gasteiger partial charge is 0.315 e. The number of amides is 2. The number of carbonyl (C=O) groups is 1. The van der Waals surface area contributed by atoms with Gasteiger partial charge in [0, 0.05) is 13.2 Å². The SMILES string of the molecule is CCNC(=O)NC1(C)CCCOC1. The van der Waals surface area contributed by atoms with Crippen LogP contribution in [0, 0.1) is 0 Å². The Morgan fingerprint density at radius 3 is 2.92 bits per heavy atom. The molecule has 1 unspecified atom stereocenters. The first-order valence-corrected chi connectivity index (χ1v) is 4.80. The predicted octanol–water partition coefficient (Wildman–Crippen LogP) is 0.875. The molecule has 2 amide bonds. The van der Waals surface area contributed by atoms with Crippen LogP contribution in [0.2, 0.25) is 0 Å². The molecule has 1 aliphatic rings. The van der Waals surface area contributed by atoms with Crippen LogP contribution in [0.3, 0.4) is 0 Å². The number of carbonyl (C=O) groups excluding carboxylic acids is 1. The van der Waals surface area contributed by atoms with E-state index in [4.69, 9.17) is 4.74 Å². The fraction of sp³-hybridized carbons (Fsp3) is 0.889. The highest BCUT2D eigenvalue weighted by molar-refractivity contribution is 5.74. The first-order valence-electron chi connectivity index (χ1n) is 4.80. The second kappa shape index (κ2) is 4.46. The van der Waals surface area contributed by atoms with E-state index in [0.29, 0.717) is 13.2 Å². The van der Waals surface area contributed by atoms with Crippen molar-refractivity contribution in [2.45, 2.75) is 32.2 Å². The molecule has 0 spiro atoms. The highest BCUT2D eigenvalue weighted by Crippen LogP contribution is 2.17. The summed E-state index contributed by atoms with van der Waals surface area (Å²) in [6.07, 6.45) is 2.01. The third kappa shape index (κ3) is 3.22. The van der Waals surface area contributed by atoms with Gasteiger partial charge < -0.3 is 15.4 Å². The molecule has 1 rings (SSSR count). The quantitative estimate of drug-likeness (QED) is 0.672. The van der Waals surface area contributed by atoms with Crippen molar-refractivity contribution < 1.29 is 9.53 Å². The van der Waals surface area contributed by atoms with Crippen molar-refractivity contribution in [1.29, 1.82) is 0 Å². The van der Waals surface area contributed by atoms with E-state index in [1.54, 1.807) is 0 Å². The number of hydrogen-bond acceptors (Lipinski definition) is 2. The normalized spacial score (nSPS) is 28.2. The molecular formula is C9H18N2O2. The molecule has 0 saturated carbocycles. The first-order chi connectivity index (χ1) is 6.16. The monoisotopic (exact) mass is 186 g/mol. The summed E-state index contributed by atoms with van der Waals surface area (Å²) >= 11 is 0. The van der Waals surface area contributed by atoms with Gasteiger partial charge in [0.25, 0.3) is 0 Å². The lowest BCUT2D eigenvalue weighted by atomic mass is 9.95. The number of ether oxygens (including phenoxy) is 1. The maximum Gasteiger partial charge on any atom is 0.315 e. The molecule has 0 aromatic rings. The van der Waals surface area contributed by atoms with Gasteiger partial charge in [-0.2, -0.15) is 0 Å². The Kier molecular flexibility index (Phi) is 3.54. The predicted molar refractivity (Wildman–Crippen MR) is 50.7 cm³/mol. The van der Waals surface area contributed by atoms with Gasteiger partial charge in [0.1, 0.15) is 0 Å². The Bertz CT molecular complexity index is 176. The van der Waals surface area contributed by atoms with Crippen molar-refractivity contribution in [3.63, 3.8) is 0 Å². The fourth-order valence-corrected chi connectivity index (χ4v) is 1.51. The Morgan fingerprint density at radius 1 is 1.62 bits per heavy atom. The van der Waals surface area contributed by atoms with Gasteiger partial charge in [0.15, 0.2) is 0 Å². The molecule has 13 heavy (non-hydrogen) atoms. The second-order valence-electron chi connectivity index (χ2n) is 3.70. The number of urea groups is 1. The zero-order valence-electron chi connectivity index (χ0n) is 8.35. The minimum Gasteiger partial charge on any atom is -0.379 e. The fourth-order valence-electron chi connectivity index (χ4n) is 1.51. The molecular weight excluding hydrogens is 168 g/mol. The Labute approximate surface area is 79.0 Å². The molecule has 76 valence electrons. The van der Waals surface area contributed by atoms with Crippen LogP contribution in [-0.2, 0) is 4.74 Å². The Hall–Kier alpha value is -0.770. The van der Waals surface area contributed by atoms with Gasteiger partial charge >= 0.3 is 6.03 Å². The van der Waals surface area contributed by atoms with Crippen LogP contribution in [0.1, 0.15) is 26.7 Å². The highest BCUT2D eigenvalue weighted by Gasteiger charge is 2.28. The van der Waals surface area contributed by atoms with Gasteiger partial charge in [0.2, 0.25) is 0 Å². The minimum absolute atomic E-state index is 0.101. The second-order valence-corrected chi connectivity index (χ2v) is 3.70. The Balaban J connectivity index is 2.36. The molecule has 0 radical (unpaired) electrons. The van der Waals surface area contributed by atoms with Crippen LogP contribution in [0.15, 0.2) is 0 Å². The average molecular weight is 186 g/mol. The molecule has 0 aliphatic carbocycles. The van der Waals surface area contributed by atoms with Crippen LogP contribution in [0.4, 0.5) is 4.79 Å². The summed E-state index contributed by atoms with van der Waals surface area (Å²) in [5.74, 6) is 0. The van der Waals surface area contributed by atoms with Crippen LogP contribution in [0.25, 0.3) is 0 Å². The van der Waals surface area contributed by atoms with Crippen molar-refractivity contribution >= 4 is 6.03 Å². The zero-order valence-corrected chi connectivity index (χ0v) is 8.35. The molecule has 0 aromatic heterocycles. The van der Waals surface area contributed by atoms with E-state index < -0.39 is 0 Å². The molecule has 2 N–H and O–H groups in total. The highest BCUT2D eigenvalue weighted by atomic mass is 16.5. The maximum atomic E-state index is 11.2. The third-order valence-electron chi connectivity index (χ3n) is 2.19. The summed E-state index contributed by atoms with van der Waals surface area (Å²) in [7, 11) is 0. The molecule has 1 aliphatic heterocycles. The number of hydrogen-bond donors (Lipinski definition) is 2. The topological polar surface area (TPSA) is 50.4 Å². The summed E-state index contributed by atoms with van der Waals surface area (Å²) in [5.41, 5.74) is -0.183. The van der Waals surface area contributed by atoms with E-state index in [1.807, 2.05) is 13.8 Å². The van der Waals surface area contributed by atoms with Crippen molar-refractivity contribution in [2.24, 2.45) is 0 Å². The first kappa shape index (κ1) is 10.3. The summed E-state index contributed by atoms with van der Waals surface area (Å²) in [6, 6.07) is -0.101. The van der Waals surface area contributed by atoms with Crippen molar-refractivity contribution in [1.82, 2.24) is 10.6 Å². The lowest BCUT2D eigenvalue weighted by molar-refractivity contribution is 0.0334. The molecule has 4 nitrogen and oxygen atoms in total. The summed E-state index contributed by atoms with van der Waals surface area (Å²) in [4.78, 5) is 11.2. The number of nitrogens with one attached hydrogen (secondary N) is 2. The molecule has 4 heteroatoms.